The molecule has 7 heteroatoms. The van der Waals surface area contributed by atoms with Crippen molar-refractivity contribution in [2.45, 2.75) is 19.4 Å². The Hall–Kier alpha value is -1.11. The first-order valence-corrected chi connectivity index (χ1v) is 7.65. The van der Waals surface area contributed by atoms with E-state index in [4.69, 9.17) is 16.7 Å². The van der Waals surface area contributed by atoms with Crippen LogP contribution in [0.15, 0.2) is 24.3 Å². The summed E-state index contributed by atoms with van der Waals surface area (Å²) in [7, 11) is -2.15. The SMILES string of the molecule is CC(c1ccc(Cl)cc1)N(C)S(=O)(=O)CCC(=O)O. The summed E-state index contributed by atoms with van der Waals surface area (Å²) in [5, 5.41) is 9.12. The molecule has 1 unspecified atom stereocenters. The fraction of sp³-hybridized carbons (Fsp3) is 0.417. The number of halogens is 1. The molecule has 0 amide bonds. The minimum atomic E-state index is -3.59. The Labute approximate surface area is 117 Å². The topological polar surface area (TPSA) is 74.7 Å². The van der Waals surface area contributed by atoms with Gasteiger partial charge in [-0.25, -0.2) is 8.42 Å². The lowest BCUT2D eigenvalue weighted by atomic mass is 10.1. The maximum absolute atomic E-state index is 12.0. The zero-order chi connectivity index (χ0) is 14.6. The van der Waals surface area contributed by atoms with Crippen molar-refractivity contribution in [3.05, 3.63) is 34.9 Å². The van der Waals surface area contributed by atoms with Crippen molar-refractivity contribution in [3.8, 4) is 0 Å². The molecule has 0 radical (unpaired) electrons. The van der Waals surface area contributed by atoms with Crippen LogP contribution in [-0.2, 0) is 14.8 Å². The fourth-order valence-electron chi connectivity index (χ4n) is 1.55. The average molecular weight is 306 g/mol. The Kier molecular flexibility index (Phi) is 5.34. The first kappa shape index (κ1) is 15.9. The molecular weight excluding hydrogens is 290 g/mol. The van der Waals surface area contributed by atoms with Crippen LogP contribution in [-0.4, -0.2) is 36.6 Å². The van der Waals surface area contributed by atoms with Crippen LogP contribution in [0.25, 0.3) is 0 Å². The Bertz CT molecular complexity index is 541. The normalized spacial score (nSPS) is 13.5. The number of carbonyl (C=O) groups is 1. The van der Waals surface area contributed by atoms with Crippen LogP contribution in [0.2, 0.25) is 5.02 Å². The molecule has 0 fully saturated rings. The van der Waals surface area contributed by atoms with E-state index < -0.39 is 28.2 Å². The second-order valence-electron chi connectivity index (χ2n) is 4.20. The van der Waals surface area contributed by atoms with Gasteiger partial charge in [-0.3, -0.25) is 4.79 Å². The van der Waals surface area contributed by atoms with E-state index in [0.29, 0.717) is 5.02 Å². The molecule has 0 heterocycles. The number of carboxylic acid groups (broad SMARTS) is 1. The Balaban J connectivity index is 2.83. The standard InChI is InChI=1S/C12H16ClNO4S/c1-9(10-3-5-11(13)6-4-10)14(2)19(17,18)8-7-12(15)16/h3-6,9H,7-8H2,1-2H3,(H,15,16). The van der Waals surface area contributed by atoms with Gasteiger partial charge in [-0.15, -0.1) is 0 Å². The van der Waals surface area contributed by atoms with E-state index in [1.807, 2.05) is 0 Å². The van der Waals surface area contributed by atoms with Crippen LogP contribution >= 0.6 is 11.6 Å². The van der Waals surface area contributed by atoms with E-state index in [1.54, 1.807) is 31.2 Å². The third-order valence-corrected chi connectivity index (χ3v) is 5.08. The number of benzene rings is 1. The van der Waals surface area contributed by atoms with Crippen molar-refractivity contribution in [1.82, 2.24) is 4.31 Å². The van der Waals surface area contributed by atoms with Crippen LogP contribution in [0, 0.1) is 0 Å². The quantitative estimate of drug-likeness (QED) is 0.873. The van der Waals surface area contributed by atoms with Gasteiger partial charge < -0.3 is 5.11 Å². The molecule has 0 aliphatic heterocycles. The zero-order valence-electron chi connectivity index (χ0n) is 10.7. The monoisotopic (exact) mass is 305 g/mol. The van der Waals surface area contributed by atoms with Gasteiger partial charge in [0.25, 0.3) is 0 Å². The molecule has 0 bridgehead atoms. The summed E-state index contributed by atoms with van der Waals surface area (Å²) in [6.07, 6.45) is -0.403. The molecule has 0 spiro atoms. The molecule has 0 saturated heterocycles. The first-order chi connectivity index (χ1) is 8.74. The maximum atomic E-state index is 12.0. The van der Waals surface area contributed by atoms with Crippen LogP contribution in [0.1, 0.15) is 24.9 Å². The van der Waals surface area contributed by atoms with Crippen molar-refractivity contribution in [2.24, 2.45) is 0 Å². The van der Waals surface area contributed by atoms with Crippen molar-refractivity contribution in [2.75, 3.05) is 12.8 Å². The summed E-state index contributed by atoms with van der Waals surface area (Å²) < 4.78 is 25.1. The molecule has 1 rings (SSSR count). The minimum absolute atomic E-state index is 0.379. The molecule has 1 atom stereocenters. The van der Waals surface area contributed by atoms with Crippen LogP contribution in [0.5, 0.6) is 0 Å². The summed E-state index contributed by atoms with van der Waals surface area (Å²) in [6.45, 7) is 1.74. The van der Waals surface area contributed by atoms with Crippen molar-refractivity contribution < 1.29 is 18.3 Å². The molecule has 106 valence electrons. The number of sulfonamides is 1. The van der Waals surface area contributed by atoms with E-state index in [9.17, 15) is 13.2 Å². The maximum Gasteiger partial charge on any atom is 0.304 e. The Morgan fingerprint density at radius 3 is 2.37 bits per heavy atom. The highest BCUT2D eigenvalue weighted by Crippen LogP contribution is 2.23. The Morgan fingerprint density at radius 1 is 1.37 bits per heavy atom. The summed E-state index contributed by atoms with van der Waals surface area (Å²) in [5.74, 6) is -1.53. The van der Waals surface area contributed by atoms with E-state index in [0.717, 1.165) is 5.56 Å². The zero-order valence-corrected chi connectivity index (χ0v) is 12.3. The van der Waals surface area contributed by atoms with Gasteiger partial charge in [0.2, 0.25) is 10.0 Å². The lowest BCUT2D eigenvalue weighted by Gasteiger charge is -2.24. The van der Waals surface area contributed by atoms with Gasteiger partial charge in [-0.05, 0) is 24.6 Å². The molecule has 0 saturated carbocycles. The second kappa shape index (κ2) is 6.36. The molecule has 5 nitrogen and oxygen atoms in total. The number of hydrogen-bond donors (Lipinski definition) is 1. The lowest BCUT2D eigenvalue weighted by molar-refractivity contribution is -0.136. The van der Waals surface area contributed by atoms with Gasteiger partial charge in [0.1, 0.15) is 0 Å². The van der Waals surface area contributed by atoms with Crippen molar-refractivity contribution in [1.29, 1.82) is 0 Å². The second-order valence-corrected chi connectivity index (χ2v) is 6.79. The summed E-state index contributed by atoms with van der Waals surface area (Å²) in [5.41, 5.74) is 0.797. The summed E-state index contributed by atoms with van der Waals surface area (Å²) >= 11 is 5.77. The van der Waals surface area contributed by atoms with Gasteiger partial charge in [0.15, 0.2) is 0 Å². The predicted octanol–water partition coefficient (Wildman–Crippen LogP) is 2.14. The number of nitrogens with zero attached hydrogens (tertiary/aromatic N) is 1. The molecule has 0 aliphatic rings. The van der Waals surface area contributed by atoms with Gasteiger partial charge in [-0.1, -0.05) is 23.7 Å². The average Bonchev–Trinajstić information content (AvgIpc) is 2.35. The number of hydrogen-bond acceptors (Lipinski definition) is 3. The van der Waals surface area contributed by atoms with Crippen LogP contribution in [0.4, 0.5) is 0 Å². The lowest BCUT2D eigenvalue weighted by Crippen LogP contribution is -2.32. The highest BCUT2D eigenvalue weighted by molar-refractivity contribution is 7.89. The highest BCUT2D eigenvalue weighted by Gasteiger charge is 2.24. The highest BCUT2D eigenvalue weighted by atomic mass is 35.5. The number of rotatable bonds is 6. The minimum Gasteiger partial charge on any atom is -0.481 e. The van der Waals surface area contributed by atoms with Gasteiger partial charge in [0, 0.05) is 18.1 Å². The molecule has 1 aromatic carbocycles. The third-order valence-electron chi connectivity index (χ3n) is 2.91. The van der Waals surface area contributed by atoms with E-state index in [1.165, 1.54) is 11.4 Å². The molecule has 0 aromatic heterocycles. The Morgan fingerprint density at radius 2 is 1.89 bits per heavy atom. The summed E-state index contributed by atoms with van der Waals surface area (Å²) in [4.78, 5) is 10.4. The smallest absolute Gasteiger partial charge is 0.304 e. The van der Waals surface area contributed by atoms with E-state index in [2.05, 4.69) is 0 Å². The molecule has 1 N–H and O–H groups in total. The van der Waals surface area contributed by atoms with Crippen LogP contribution in [0.3, 0.4) is 0 Å². The predicted molar refractivity (Wildman–Crippen MR) is 73.7 cm³/mol. The van der Waals surface area contributed by atoms with Gasteiger partial charge in [0.05, 0.1) is 12.2 Å². The largest absolute Gasteiger partial charge is 0.481 e. The first-order valence-electron chi connectivity index (χ1n) is 5.67. The summed E-state index contributed by atoms with van der Waals surface area (Å²) in [6, 6.07) is 6.49. The van der Waals surface area contributed by atoms with Crippen LogP contribution < -0.4 is 0 Å². The molecule has 0 aliphatic carbocycles. The molecule has 1 aromatic rings. The van der Waals surface area contributed by atoms with E-state index >= 15 is 0 Å². The van der Waals surface area contributed by atoms with Crippen molar-refractivity contribution >= 4 is 27.6 Å². The molecule has 19 heavy (non-hydrogen) atoms. The van der Waals surface area contributed by atoms with Gasteiger partial charge in [-0.2, -0.15) is 4.31 Å². The van der Waals surface area contributed by atoms with Gasteiger partial charge >= 0.3 is 5.97 Å². The van der Waals surface area contributed by atoms with E-state index in [-0.39, 0.29) is 6.04 Å². The number of carboxylic acids is 1. The third kappa shape index (κ3) is 4.49. The van der Waals surface area contributed by atoms with Crippen molar-refractivity contribution in [3.63, 3.8) is 0 Å². The fourth-order valence-corrected chi connectivity index (χ4v) is 3.00. The number of aliphatic carboxylic acids is 1. The molecular formula is C12H16ClNO4S.